The highest BCUT2D eigenvalue weighted by Crippen LogP contribution is 2.40. The highest BCUT2D eigenvalue weighted by Gasteiger charge is 2.48. The first-order valence-corrected chi connectivity index (χ1v) is 5.99. The normalized spacial score (nSPS) is 29.7. The SMILES string of the molecule is CC(C)C(CN)C(=O)NC1CC(O)C1(C)C. The summed E-state index contributed by atoms with van der Waals surface area (Å²) in [6.45, 7) is 8.31. The van der Waals surface area contributed by atoms with E-state index in [9.17, 15) is 9.90 Å². The van der Waals surface area contributed by atoms with Gasteiger partial charge in [-0.3, -0.25) is 4.79 Å². The Labute approximate surface area is 97.6 Å². The molecule has 16 heavy (non-hydrogen) atoms. The van der Waals surface area contributed by atoms with E-state index >= 15 is 0 Å². The molecule has 4 heteroatoms. The average molecular weight is 228 g/mol. The number of nitrogens with one attached hydrogen (secondary N) is 1. The Bertz CT molecular complexity index is 264. The summed E-state index contributed by atoms with van der Waals surface area (Å²) in [5.41, 5.74) is 5.38. The van der Waals surface area contributed by atoms with Crippen molar-refractivity contribution in [3.63, 3.8) is 0 Å². The van der Waals surface area contributed by atoms with Crippen LogP contribution in [0.4, 0.5) is 0 Å². The van der Waals surface area contributed by atoms with E-state index in [1.165, 1.54) is 0 Å². The van der Waals surface area contributed by atoms with Crippen LogP contribution in [0.3, 0.4) is 0 Å². The van der Waals surface area contributed by atoms with Crippen LogP contribution in [0.5, 0.6) is 0 Å². The number of aliphatic hydroxyl groups is 1. The molecule has 0 heterocycles. The second kappa shape index (κ2) is 4.72. The highest BCUT2D eigenvalue weighted by molar-refractivity contribution is 5.79. The van der Waals surface area contributed by atoms with Gasteiger partial charge in [0.2, 0.25) is 5.91 Å². The summed E-state index contributed by atoms with van der Waals surface area (Å²) in [4.78, 5) is 11.9. The maximum absolute atomic E-state index is 11.9. The third-order valence-corrected chi connectivity index (χ3v) is 3.93. The van der Waals surface area contributed by atoms with Crippen molar-refractivity contribution in [3.05, 3.63) is 0 Å². The largest absolute Gasteiger partial charge is 0.392 e. The zero-order valence-electron chi connectivity index (χ0n) is 10.7. The summed E-state index contributed by atoms with van der Waals surface area (Å²) < 4.78 is 0. The minimum atomic E-state index is -0.312. The molecule has 1 aliphatic carbocycles. The number of aliphatic hydroxyl groups excluding tert-OH is 1. The topological polar surface area (TPSA) is 75.4 Å². The van der Waals surface area contributed by atoms with Crippen LogP contribution in [-0.4, -0.2) is 29.7 Å². The molecule has 0 spiro atoms. The van der Waals surface area contributed by atoms with Crippen LogP contribution in [0.15, 0.2) is 0 Å². The van der Waals surface area contributed by atoms with Crippen LogP contribution >= 0.6 is 0 Å². The van der Waals surface area contributed by atoms with Gasteiger partial charge in [-0.05, 0) is 12.3 Å². The number of hydrogen-bond donors (Lipinski definition) is 3. The molecule has 0 saturated heterocycles. The van der Waals surface area contributed by atoms with Gasteiger partial charge in [0, 0.05) is 18.0 Å². The Balaban J connectivity index is 2.53. The van der Waals surface area contributed by atoms with E-state index in [1.807, 2.05) is 27.7 Å². The number of amides is 1. The Morgan fingerprint density at radius 3 is 2.44 bits per heavy atom. The van der Waals surface area contributed by atoms with Crippen molar-refractivity contribution in [2.75, 3.05) is 6.54 Å². The van der Waals surface area contributed by atoms with Gasteiger partial charge in [0.1, 0.15) is 0 Å². The Morgan fingerprint density at radius 2 is 2.12 bits per heavy atom. The third-order valence-electron chi connectivity index (χ3n) is 3.93. The van der Waals surface area contributed by atoms with Gasteiger partial charge in [-0.2, -0.15) is 0 Å². The van der Waals surface area contributed by atoms with Gasteiger partial charge in [-0.15, -0.1) is 0 Å². The molecule has 0 aromatic heterocycles. The summed E-state index contributed by atoms with van der Waals surface area (Å²) in [5, 5.41) is 12.6. The molecule has 1 fully saturated rings. The molecule has 94 valence electrons. The molecular weight excluding hydrogens is 204 g/mol. The molecule has 3 unspecified atom stereocenters. The first-order chi connectivity index (χ1) is 7.30. The van der Waals surface area contributed by atoms with Crippen molar-refractivity contribution < 1.29 is 9.90 Å². The lowest BCUT2D eigenvalue weighted by Crippen LogP contribution is -2.62. The zero-order valence-corrected chi connectivity index (χ0v) is 10.7. The molecule has 0 aliphatic heterocycles. The number of hydrogen-bond acceptors (Lipinski definition) is 3. The first kappa shape index (κ1) is 13.5. The molecular formula is C12H24N2O2. The van der Waals surface area contributed by atoms with Crippen molar-refractivity contribution in [3.8, 4) is 0 Å². The van der Waals surface area contributed by atoms with Crippen molar-refractivity contribution >= 4 is 5.91 Å². The summed E-state index contributed by atoms with van der Waals surface area (Å²) in [6.07, 6.45) is 0.335. The standard InChI is InChI=1S/C12H24N2O2/c1-7(2)8(6-13)11(16)14-9-5-10(15)12(9,3)4/h7-10,15H,5-6,13H2,1-4H3,(H,14,16). The lowest BCUT2D eigenvalue weighted by Gasteiger charge is -2.49. The number of carbonyl (C=O) groups excluding carboxylic acids is 1. The molecule has 0 aromatic rings. The van der Waals surface area contributed by atoms with Crippen LogP contribution in [0.25, 0.3) is 0 Å². The summed E-state index contributed by atoms with van der Waals surface area (Å²) in [5.74, 6) is 0.133. The second-order valence-electron chi connectivity index (χ2n) is 5.72. The van der Waals surface area contributed by atoms with Gasteiger partial charge in [-0.25, -0.2) is 0 Å². The van der Waals surface area contributed by atoms with Crippen LogP contribution < -0.4 is 11.1 Å². The van der Waals surface area contributed by atoms with Crippen molar-refractivity contribution in [1.82, 2.24) is 5.32 Å². The maximum Gasteiger partial charge on any atom is 0.224 e. The zero-order chi connectivity index (χ0) is 12.5. The van der Waals surface area contributed by atoms with Crippen LogP contribution in [0, 0.1) is 17.3 Å². The van der Waals surface area contributed by atoms with Crippen molar-refractivity contribution in [1.29, 1.82) is 0 Å². The molecule has 4 nitrogen and oxygen atoms in total. The number of nitrogens with two attached hydrogens (primary N) is 1. The van der Waals surface area contributed by atoms with Gasteiger partial charge in [0.15, 0.2) is 0 Å². The fourth-order valence-electron chi connectivity index (χ4n) is 2.11. The van der Waals surface area contributed by atoms with Crippen LogP contribution in [0.2, 0.25) is 0 Å². The van der Waals surface area contributed by atoms with Gasteiger partial charge >= 0.3 is 0 Å². The molecule has 1 rings (SSSR count). The monoisotopic (exact) mass is 228 g/mol. The van der Waals surface area contributed by atoms with Crippen LogP contribution in [0.1, 0.15) is 34.1 Å². The molecule has 4 N–H and O–H groups in total. The Morgan fingerprint density at radius 1 is 1.56 bits per heavy atom. The fourth-order valence-corrected chi connectivity index (χ4v) is 2.11. The molecule has 3 atom stereocenters. The first-order valence-electron chi connectivity index (χ1n) is 5.99. The fraction of sp³-hybridized carbons (Fsp3) is 0.917. The van der Waals surface area contributed by atoms with E-state index in [4.69, 9.17) is 5.73 Å². The third kappa shape index (κ3) is 2.38. The molecule has 1 amide bonds. The smallest absolute Gasteiger partial charge is 0.224 e. The highest BCUT2D eigenvalue weighted by atomic mass is 16.3. The summed E-state index contributed by atoms with van der Waals surface area (Å²) >= 11 is 0. The van der Waals surface area contributed by atoms with Crippen molar-refractivity contribution in [2.24, 2.45) is 23.0 Å². The van der Waals surface area contributed by atoms with Crippen molar-refractivity contribution in [2.45, 2.75) is 46.3 Å². The van der Waals surface area contributed by atoms with Crippen LogP contribution in [-0.2, 0) is 4.79 Å². The Kier molecular flexibility index (Phi) is 3.97. The van der Waals surface area contributed by atoms with E-state index < -0.39 is 0 Å². The Hall–Kier alpha value is -0.610. The summed E-state index contributed by atoms with van der Waals surface area (Å²) in [7, 11) is 0. The number of rotatable bonds is 4. The van der Waals surface area contributed by atoms with E-state index in [0.29, 0.717) is 13.0 Å². The summed E-state index contributed by atoms with van der Waals surface area (Å²) in [6, 6.07) is 0.0720. The lowest BCUT2D eigenvalue weighted by molar-refractivity contribution is -0.134. The van der Waals surface area contributed by atoms with Gasteiger partial charge < -0.3 is 16.2 Å². The second-order valence-corrected chi connectivity index (χ2v) is 5.72. The number of carbonyl (C=O) groups is 1. The van der Waals surface area contributed by atoms with E-state index in [-0.39, 0.29) is 35.3 Å². The average Bonchev–Trinajstić information content (AvgIpc) is 2.17. The van der Waals surface area contributed by atoms with Gasteiger partial charge in [0.25, 0.3) is 0 Å². The quantitative estimate of drug-likeness (QED) is 0.655. The van der Waals surface area contributed by atoms with E-state index in [1.54, 1.807) is 0 Å². The predicted octanol–water partition coefficient (Wildman–Crippen LogP) is 0.493. The lowest BCUT2D eigenvalue weighted by atomic mass is 9.64. The predicted molar refractivity (Wildman–Crippen MR) is 63.7 cm³/mol. The molecule has 1 aliphatic rings. The van der Waals surface area contributed by atoms with Gasteiger partial charge in [0.05, 0.1) is 12.0 Å². The van der Waals surface area contributed by atoms with Gasteiger partial charge in [-0.1, -0.05) is 27.7 Å². The molecule has 1 saturated carbocycles. The maximum atomic E-state index is 11.9. The molecule has 0 radical (unpaired) electrons. The minimum absolute atomic E-state index is 0.0162. The minimum Gasteiger partial charge on any atom is -0.392 e. The van der Waals surface area contributed by atoms with E-state index in [2.05, 4.69) is 5.32 Å². The molecule has 0 bridgehead atoms. The molecule has 0 aromatic carbocycles. The van der Waals surface area contributed by atoms with E-state index in [0.717, 1.165) is 0 Å².